The highest BCUT2D eigenvalue weighted by Crippen LogP contribution is 2.27. The third-order valence-electron chi connectivity index (χ3n) is 2.84. The third kappa shape index (κ3) is 4.15. The van der Waals surface area contributed by atoms with Crippen molar-refractivity contribution in [1.82, 2.24) is 4.72 Å². The lowest BCUT2D eigenvalue weighted by atomic mass is 10.1. The molecule has 0 amide bonds. The summed E-state index contributed by atoms with van der Waals surface area (Å²) < 4.78 is 30.6. The number of hydrogen-bond donors (Lipinski definition) is 2. The molecular weight excluding hydrogens is 290 g/mol. The summed E-state index contributed by atoms with van der Waals surface area (Å²) in [6.45, 7) is 1.49. The van der Waals surface area contributed by atoms with Crippen LogP contribution in [0.2, 0.25) is 5.02 Å². The van der Waals surface area contributed by atoms with E-state index in [9.17, 15) is 13.5 Å². The van der Waals surface area contributed by atoms with Crippen LogP contribution in [0.5, 0.6) is 0 Å². The third-order valence-corrected chi connectivity index (χ3v) is 4.36. The first-order valence-electron chi connectivity index (χ1n) is 6.02. The topological polar surface area (TPSA) is 75.6 Å². The SMILES string of the molecule is C[C@@H](OS(=O)(=O)NC1CC1)[C@H](O)c1ccccc1Cl. The molecule has 1 aromatic carbocycles. The van der Waals surface area contributed by atoms with Crippen LogP contribution in [0, 0.1) is 0 Å². The highest BCUT2D eigenvalue weighted by Gasteiger charge is 2.30. The molecule has 2 N–H and O–H groups in total. The molecule has 1 fully saturated rings. The van der Waals surface area contributed by atoms with Gasteiger partial charge in [-0.05, 0) is 25.8 Å². The summed E-state index contributed by atoms with van der Waals surface area (Å²) in [6, 6.07) is 6.68. The normalized spacial score (nSPS) is 19.1. The number of rotatable bonds is 6. The van der Waals surface area contributed by atoms with Crippen molar-refractivity contribution in [3.05, 3.63) is 34.9 Å². The van der Waals surface area contributed by atoms with Crippen LogP contribution in [-0.4, -0.2) is 25.7 Å². The molecule has 5 nitrogen and oxygen atoms in total. The average Bonchev–Trinajstić information content (AvgIpc) is 3.11. The predicted molar refractivity (Wildman–Crippen MR) is 72.0 cm³/mol. The van der Waals surface area contributed by atoms with Gasteiger partial charge in [0.1, 0.15) is 12.2 Å². The lowest BCUT2D eigenvalue weighted by Crippen LogP contribution is -2.33. The Labute approximate surface area is 117 Å². The first-order chi connectivity index (χ1) is 8.89. The van der Waals surface area contributed by atoms with Crippen molar-refractivity contribution in [2.45, 2.75) is 38.0 Å². The fourth-order valence-electron chi connectivity index (χ4n) is 1.65. The molecule has 2 rings (SSSR count). The second-order valence-electron chi connectivity index (χ2n) is 4.61. The van der Waals surface area contributed by atoms with Crippen molar-refractivity contribution in [2.24, 2.45) is 0 Å². The predicted octanol–water partition coefficient (Wildman–Crippen LogP) is 1.78. The van der Waals surface area contributed by atoms with Crippen molar-refractivity contribution in [3.8, 4) is 0 Å². The van der Waals surface area contributed by atoms with Crippen LogP contribution in [0.15, 0.2) is 24.3 Å². The van der Waals surface area contributed by atoms with Crippen molar-refractivity contribution in [1.29, 1.82) is 0 Å². The second kappa shape index (κ2) is 5.76. The van der Waals surface area contributed by atoms with Gasteiger partial charge in [-0.1, -0.05) is 29.8 Å². The van der Waals surface area contributed by atoms with E-state index in [1.165, 1.54) is 6.92 Å². The van der Waals surface area contributed by atoms with Crippen LogP contribution in [0.1, 0.15) is 31.4 Å². The first-order valence-corrected chi connectivity index (χ1v) is 7.81. The molecule has 106 valence electrons. The molecule has 0 saturated heterocycles. The molecule has 0 unspecified atom stereocenters. The van der Waals surface area contributed by atoms with Gasteiger partial charge in [-0.15, -0.1) is 0 Å². The summed E-state index contributed by atoms with van der Waals surface area (Å²) >= 11 is 5.95. The minimum absolute atomic E-state index is 0.0327. The Balaban J connectivity index is 2.02. The molecule has 0 aromatic heterocycles. The van der Waals surface area contributed by atoms with E-state index in [0.29, 0.717) is 10.6 Å². The average molecular weight is 306 g/mol. The molecule has 2 atom stereocenters. The molecule has 0 aliphatic heterocycles. The van der Waals surface area contributed by atoms with Crippen LogP contribution < -0.4 is 4.72 Å². The fourth-order valence-corrected chi connectivity index (χ4v) is 3.11. The molecule has 7 heteroatoms. The lowest BCUT2D eigenvalue weighted by molar-refractivity contribution is 0.0497. The van der Waals surface area contributed by atoms with E-state index in [4.69, 9.17) is 15.8 Å². The summed E-state index contributed by atoms with van der Waals surface area (Å²) in [6.07, 6.45) is -0.380. The molecule has 1 aromatic rings. The number of aliphatic hydroxyl groups excluding tert-OH is 1. The minimum Gasteiger partial charge on any atom is -0.386 e. The van der Waals surface area contributed by atoms with E-state index in [0.717, 1.165) is 12.8 Å². The monoisotopic (exact) mass is 305 g/mol. The summed E-state index contributed by atoms with van der Waals surface area (Å²) in [5.41, 5.74) is 0.443. The van der Waals surface area contributed by atoms with Crippen LogP contribution >= 0.6 is 11.6 Å². The van der Waals surface area contributed by atoms with Gasteiger partial charge >= 0.3 is 10.3 Å². The highest BCUT2D eigenvalue weighted by atomic mass is 35.5. The van der Waals surface area contributed by atoms with E-state index in [1.54, 1.807) is 24.3 Å². The Kier molecular flexibility index (Phi) is 4.47. The number of halogens is 1. The molecule has 1 saturated carbocycles. The number of nitrogens with one attached hydrogen (secondary N) is 1. The summed E-state index contributed by atoms with van der Waals surface area (Å²) in [4.78, 5) is 0. The van der Waals surface area contributed by atoms with Gasteiger partial charge in [0.25, 0.3) is 0 Å². The van der Waals surface area contributed by atoms with Gasteiger partial charge in [-0.25, -0.2) is 0 Å². The molecule has 0 heterocycles. The van der Waals surface area contributed by atoms with Gasteiger partial charge in [-0.3, -0.25) is 4.18 Å². The summed E-state index contributed by atoms with van der Waals surface area (Å²) in [7, 11) is -3.84. The van der Waals surface area contributed by atoms with Gasteiger partial charge in [0.2, 0.25) is 0 Å². The van der Waals surface area contributed by atoms with Gasteiger partial charge in [-0.2, -0.15) is 13.1 Å². The fraction of sp³-hybridized carbons (Fsp3) is 0.500. The Morgan fingerprint density at radius 1 is 1.42 bits per heavy atom. The maximum atomic E-state index is 11.6. The zero-order valence-corrected chi connectivity index (χ0v) is 12.0. The summed E-state index contributed by atoms with van der Waals surface area (Å²) in [5, 5.41) is 10.5. The Hall–Kier alpha value is -0.660. The summed E-state index contributed by atoms with van der Waals surface area (Å²) in [5.74, 6) is 0. The lowest BCUT2D eigenvalue weighted by Gasteiger charge is -2.20. The van der Waals surface area contributed by atoms with E-state index < -0.39 is 22.5 Å². The first kappa shape index (κ1) is 14.7. The van der Waals surface area contributed by atoms with E-state index >= 15 is 0 Å². The van der Waals surface area contributed by atoms with E-state index in [2.05, 4.69) is 4.72 Å². The van der Waals surface area contributed by atoms with E-state index in [1.807, 2.05) is 0 Å². The Bertz CT molecular complexity index is 544. The minimum atomic E-state index is -3.84. The number of benzene rings is 1. The standard InChI is InChI=1S/C12H16ClNO4S/c1-8(18-19(16,17)14-9-6-7-9)12(15)10-4-2-3-5-11(10)13/h2-5,8-9,12,14-15H,6-7H2,1H3/t8-,12+/m1/s1. The molecule has 0 bridgehead atoms. The molecule has 0 spiro atoms. The molecular formula is C12H16ClNO4S. The molecule has 0 radical (unpaired) electrons. The van der Waals surface area contributed by atoms with Gasteiger partial charge in [0.05, 0.1) is 0 Å². The van der Waals surface area contributed by atoms with Crippen LogP contribution in [0.25, 0.3) is 0 Å². The van der Waals surface area contributed by atoms with Gasteiger partial charge in [0.15, 0.2) is 0 Å². The second-order valence-corrected chi connectivity index (χ2v) is 6.36. The van der Waals surface area contributed by atoms with E-state index in [-0.39, 0.29) is 6.04 Å². The molecule has 1 aliphatic rings. The maximum Gasteiger partial charge on any atom is 0.336 e. The smallest absolute Gasteiger partial charge is 0.336 e. The van der Waals surface area contributed by atoms with Gasteiger partial charge in [0, 0.05) is 16.6 Å². The van der Waals surface area contributed by atoms with Crippen molar-refractivity contribution < 1.29 is 17.7 Å². The molecule has 19 heavy (non-hydrogen) atoms. The zero-order valence-electron chi connectivity index (χ0n) is 10.4. The maximum absolute atomic E-state index is 11.6. The Morgan fingerprint density at radius 2 is 2.05 bits per heavy atom. The molecule has 1 aliphatic carbocycles. The van der Waals surface area contributed by atoms with Crippen LogP contribution in [0.3, 0.4) is 0 Å². The largest absolute Gasteiger partial charge is 0.386 e. The van der Waals surface area contributed by atoms with Crippen molar-refractivity contribution in [2.75, 3.05) is 0 Å². The van der Waals surface area contributed by atoms with Crippen LogP contribution in [-0.2, 0) is 14.5 Å². The number of aliphatic hydroxyl groups is 1. The highest BCUT2D eigenvalue weighted by molar-refractivity contribution is 7.84. The quantitative estimate of drug-likeness (QED) is 0.840. The number of hydrogen-bond acceptors (Lipinski definition) is 4. The Morgan fingerprint density at radius 3 is 2.63 bits per heavy atom. The van der Waals surface area contributed by atoms with Crippen molar-refractivity contribution in [3.63, 3.8) is 0 Å². The zero-order chi connectivity index (χ0) is 14.0. The van der Waals surface area contributed by atoms with Gasteiger partial charge < -0.3 is 5.11 Å². The van der Waals surface area contributed by atoms with Crippen LogP contribution in [0.4, 0.5) is 0 Å². The van der Waals surface area contributed by atoms with Crippen molar-refractivity contribution >= 4 is 21.9 Å².